The first kappa shape index (κ1) is 19.5. The molecule has 1 N–H and O–H groups in total. The molecule has 0 saturated carbocycles. The number of thiazole rings is 1. The summed E-state index contributed by atoms with van der Waals surface area (Å²) in [7, 11) is 0. The lowest BCUT2D eigenvalue weighted by atomic mass is 10.1. The molecule has 2 amide bonds. The number of hydrogen-bond donors (Lipinski definition) is 1. The molecular weight excluding hydrogens is 452 g/mol. The van der Waals surface area contributed by atoms with Crippen molar-refractivity contribution in [3.8, 4) is 11.3 Å². The van der Waals surface area contributed by atoms with Crippen LogP contribution in [0.5, 0.6) is 0 Å². The molecule has 4 rings (SSSR count). The van der Waals surface area contributed by atoms with Gasteiger partial charge in [0.15, 0.2) is 5.13 Å². The molecule has 1 aromatic heterocycles. The minimum absolute atomic E-state index is 0.129. The van der Waals surface area contributed by atoms with E-state index in [2.05, 4.69) is 31.3 Å². The molecule has 0 radical (unpaired) electrons. The summed E-state index contributed by atoms with van der Waals surface area (Å²) in [6.45, 7) is 1.97. The van der Waals surface area contributed by atoms with Gasteiger partial charge in [-0.25, -0.2) is 9.99 Å². The summed E-state index contributed by atoms with van der Waals surface area (Å²) in [6, 6.07) is 17.0. The fourth-order valence-corrected chi connectivity index (χ4v) is 4.08. The molecule has 0 fully saturated rings. The van der Waals surface area contributed by atoms with Crippen LogP contribution in [0, 0.1) is 6.92 Å². The number of aryl methyl sites for hydroxylation is 1. The summed E-state index contributed by atoms with van der Waals surface area (Å²) in [5.41, 5.74) is 2.78. The molecular formula is C21H17BrN4O2S. The van der Waals surface area contributed by atoms with Gasteiger partial charge in [-0.05, 0) is 31.2 Å². The number of rotatable bonds is 4. The van der Waals surface area contributed by atoms with Crippen molar-refractivity contribution in [1.82, 2.24) is 4.98 Å². The molecule has 1 aliphatic rings. The maximum absolute atomic E-state index is 12.7. The van der Waals surface area contributed by atoms with E-state index in [9.17, 15) is 9.59 Å². The zero-order valence-electron chi connectivity index (χ0n) is 15.6. The van der Waals surface area contributed by atoms with Gasteiger partial charge in [-0.2, -0.15) is 5.10 Å². The Kier molecular flexibility index (Phi) is 5.55. The lowest BCUT2D eigenvalue weighted by Gasteiger charge is -2.22. The molecule has 0 saturated heterocycles. The Labute approximate surface area is 180 Å². The van der Waals surface area contributed by atoms with Crippen LogP contribution in [-0.4, -0.2) is 22.5 Å². The third-order valence-corrected chi connectivity index (χ3v) is 5.85. The number of halogens is 1. The molecule has 29 heavy (non-hydrogen) atoms. The van der Waals surface area contributed by atoms with Crippen LogP contribution in [0.25, 0.3) is 11.3 Å². The second-order valence-electron chi connectivity index (χ2n) is 6.47. The maximum atomic E-state index is 12.7. The fourth-order valence-electron chi connectivity index (χ4n) is 2.98. The predicted octanol–water partition coefficient (Wildman–Crippen LogP) is 5.00. The molecule has 0 bridgehead atoms. The highest BCUT2D eigenvalue weighted by molar-refractivity contribution is 9.10. The molecule has 6 nitrogen and oxygen atoms in total. The number of carbonyl (C=O) groups is 2. The number of hydrogen-bond acceptors (Lipinski definition) is 5. The molecule has 8 heteroatoms. The largest absolute Gasteiger partial charge is 0.297 e. The van der Waals surface area contributed by atoms with Gasteiger partial charge in [0.2, 0.25) is 5.91 Å². The minimum Gasteiger partial charge on any atom is -0.297 e. The zero-order valence-corrected chi connectivity index (χ0v) is 18.0. The number of benzene rings is 2. The first-order chi connectivity index (χ1) is 14.0. The number of nitrogens with zero attached hydrogens (tertiary/aromatic N) is 3. The monoisotopic (exact) mass is 468 g/mol. The number of para-hydroxylation sites is 1. The third-order valence-electron chi connectivity index (χ3n) is 4.43. The van der Waals surface area contributed by atoms with E-state index in [1.165, 1.54) is 16.3 Å². The lowest BCUT2D eigenvalue weighted by Crippen LogP contribution is -2.36. The van der Waals surface area contributed by atoms with E-state index in [0.29, 0.717) is 23.0 Å². The first-order valence-corrected chi connectivity index (χ1v) is 10.6. The number of aromatic nitrogens is 1. The Morgan fingerprint density at radius 1 is 1.10 bits per heavy atom. The van der Waals surface area contributed by atoms with Gasteiger partial charge in [0, 0.05) is 27.8 Å². The van der Waals surface area contributed by atoms with Crippen LogP contribution >= 0.6 is 27.3 Å². The highest BCUT2D eigenvalue weighted by Crippen LogP contribution is 2.31. The molecule has 0 atom stereocenters. The second-order valence-corrected chi connectivity index (χ2v) is 8.59. The van der Waals surface area contributed by atoms with Gasteiger partial charge in [-0.1, -0.05) is 46.3 Å². The SMILES string of the molecule is Cc1sc(NC(=O)C2=NN(c3ccccc3)C(=O)CC2)nc1-c1ccc(Br)cc1. The fraction of sp³-hybridized carbons (Fsp3) is 0.143. The van der Waals surface area contributed by atoms with Crippen LogP contribution in [0.15, 0.2) is 64.2 Å². The van der Waals surface area contributed by atoms with Crippen molar-refractivity contribution < 1.29 is 9.59 Å². The number of nitrogens with one attached hydrogen (secondary N) is 1. The van der Waals surface area contributed by atoms with Gasteiger partial charge in [-0.3, -0.25) is 14.9 Å². The van der Waals surface area contributed by atoms with Gasteiger partial charge >= 0.3 is 0 Å². The van der Waals surface area contributed by atoms with E-state index in [1.807, 2.05) is 49.4 Å². The summed E-state index contributed by atoms with van der Waals surface area (Å²) < 4.78 is 0.996. The van der Waals surface area contributed by atoms with Gasteiger partial charge in [0.1, 0.15) is 5.71 Å². The summed E-state index contributed by atoms with van der Waals surface area (Å²) in [5, 5.41) is 8.92. The van der Waals surface area contributed by atoms with Crippen LogP contribution in [0.4, 0.5) is 10.8 Å². The van der Waals surface area contributed by atoms with Crippen molar-refractivity contribution >= 4 is 55.6 Å². The van der Waals surface area contributed by atoms with Crippen molar-refractivity contribution in [3.05, 3.63) is 63.9 Å². The normalized spacial score (nSPS) is 13.9. The standard InChI is InChI=1S/C21H17BrN4O2S/c1-13-19(14-7-9-15(22)10-8-14)23-21(29-13)24-20(28)17-11-12-18(27)26(25-17)16-5-3-2-4-6-16/h2-10H,11-12H2,1H3,(H,23,24,28). The number of amides is 2. The van der Waals surface area contributed by atoms with Gasteiger partial charge in [0.05, 0.1) is 11.4 Å². The van der Waals surface area contributed by atoms with E-state index in [4.69, 9.17) is 0 Å². The number of anilines is 2. The minimum atomic E-state index is -0.338. The zero-order chi connectivity index (χ0) is 20.4. The Hall–Kier alpha value is -2.84. The van der Waals surface area contributed by atoms with Crippen molar-refractivity contribution in [1.29, 1.82) is 0 Å². The molecule has 2 heterocycles. The summed E-state index contributed by atoms with van der Waals surface area (Å²) in [4.78, 5) is 30.5. The highest BCUT2D eigenvalue weighted by Gasteiger charge is 2.26. The number of carbonyl (C=O) groups excluding carboxylic acids is 2. The average Bonchev–Trinajstić information content (AvgIpc) is 3.09. The predicted molar refractivity (Wildman–Crippen MR) is 119 cm³/mol. The lowest BCUT2D eigenvalue weighted by molar-refractivity contribution is -0.118. The summed E-state index contributed by atoms with van der Waals surface area (Å²) >= 11 is 4.84. The highest BCUT2D eigenvalue weighted by atomic mass is 79.9. The van der Waals surface area contributed by atoms with E-state index in [-0.39, 0.29) is 18.2 Å². The van der Waals surface area contributed by atoms with Gasteiger partial charge in [-0.15, -0.1) is 11.3 Å². The molecule has 0 unspecified atom stereocenters. The molecule has 0 spiro atoms. The van der Waals surface area contributed by atoms with Gasteiger partial charge in [0.25, 0.3) is 5.91 Å². The third kappa shape index (κ3) is 4.28. The first-order valence-electron chi connectivity index (χ1n) is 9.01. The molecule has 2 aromatic carbocycles. The molecule has 3 aromatic rings. The number of hydrazone groups is 1. The Bertz CT molecular complexity index is 1090. The van der Waals surface area contributed by atoms with Crippen LogP contribution in [-0.2, 0) is 9.59 Å². The quantitative estimate of drug-likeness (QED) is 0.584. The second kappa shape index (κ2) is 8.26. The average molecular weight is 469 g/mol. The van der Waals surface area contributed by atoms with Crippen LogP contribution in [0.2, 0.25) is 0 Å². The van der Waals surface area contributed by atoms with Crippen LogP contribution in [0.3, 0.4) is 0 Å². The Morgan fingerprint density at radius 2 is 1.83 bits per heavy atom. The van der Waals surface area contributed by atoms with E-state index in [0.717, 1.165) is 20.6 Å². The van der Waals surface area contributed by atoms with Crippen molar-refractivity contribution in [2.75, 3.05) is 10.3 Å². The smallest absolute Gasteiger partial charge is 0.273 e. The van der Waals surface area contributed by atoms with Crippen molar-refractivity contribution in [2.24, 2.45) is 5.10 Å². The Balaban J connectivity index is 1.54. The van der Waals surface area contributed by atoms with E-state index in [1.54, 1.807) is 12.1 Å². The molecule has 0 aliphatic carbocycles. The Morgan fingerprint density at radius 3 is 2.55 bits per heavy atom. The molecule has 1 aliphatic heterocycles. The van der Waals surface area contributed by atoms with Gasteiger partial charge < -0.3 is 0 Å². The summed E-state index contributed by atoms with van der Waals surface area (Å²) in [6.07, 6.45) is 0.542. The van der Waals surface area contributed by atoms with Crippen molar-refractivity contribution in [3.63, 3.8) is 0 Å². The van der Waals surface area contributed by atoms with Crippen molar-refractivity contribution in [2.45, 2.75) is 19.8 Å². The van der Waals surface area contributed by atoms with E-state index >= 15 is 0 Å². The molecule has 146 valence electrons. The summed E-state index contributed by atoms with van der Waals surface area (Å²) in [5.74, 6) is -0.468. The van der Waals surface area contributed by atoms with Crippen LogP contribution in [0.1, 0.15) is 17.7 Å². The van der Waals surface area contributed by atoms with Crippen LogP contribution < -0.4 is 10.3 Å². The maximum Gasteiger partial charge on any atom is 0.273 e. The van der Waals surface area contributed by atoms with E-state index < -0.39 is 0 Å². The topological polar surface area (TPSA) is 74.7 Å².